The predicted octanol–water partition coefficient (Wildman–Crippen LogP) is 1.38. The highest BCUT2D eigenvalue weighted by molar-refractivity contribution is 5.78. The molecule has 0 radical (unpaired) electrons. The molecule has 1 amide bonds. The Morgan fingerprint density at radius 1 is 1.27 bits per heavy atom. The van der Waals surface area contributed by atoms with Crippen molar-refractivity contribution in [2.24, 2.45) is 0 Å². The van der Waals surface area contributed by atoms with Gasteiger partial charge in [0.1, 0.15) is 5.82 Å². The third kappa shape index (κ3) is 4.45. The number of piperazine rings is 1. The molecule has 1 aromatic heterocycles. The summed E-state index contributed by atoms with van der Waals surface area (Å²) in [4.78, 5) is 22.2. The summed E-state index contributed by atoms with van der Waals surface area (Å²) in [6, 6.07) is 5.47. The number of amides is 1. The largest absolute Gasteiger partial charge is 0.415 e. The number of anilines is 1. The molecule has 3 rings (SSSR count). The lowest BCUT2D eigenvalue weighted by Gasteiger charge is -2.40. The van der Waals surface area contributed by atoms with E-state index < -0.39 is 12.3 Å². The number of nitrogens with zero attached hydrogens (tertiary/aromatic N) is 4. The first-order chi connectivity index (χ1) is 12.3. The van der Waals surface area contributed by atoms with Crippen LogP contribution in [0.5, 0.6) is 0 Å². The summed E-state index contributed by atoms with van der Waals surface area (Å²) in [7, 11) is 0. The highest BCUT2D eigenvalue weighted by Crippen LogP contribution is 2.27. The second kappa shape index (κ2) is 7.79. The van der Waals surface area contributed by atoms with Crippen molar-refractivity contribution in [3.8, 4) is 0 Å². The zero-order valence-electron chi connectivity index (χ0n) is 14.7. The molecule has 6 nitrogen and oxygen atoms in total. The Balaban J connectivity index is 1.52. The van der Waals surface area contributed by atoms with Gasteiger partial charge in [0.2, 0.25) is 5.91 Å². The molecule has 0 aromatic carbocycles. The molecule has 2 fully saturated rings. The zero-order valence-corrected chi connectivity index (χ0v) is 14.7. The van der Waals surface area contributed by atoms with Crippen molar-refractivity contribution in [3.05, 3.63) is 24.4 Å². The number of alkyl halides is 3. The van der Waals surface area contributed by atoms with Crippen LogP contribution in [0.15, 0.2) is 24.4 Å². The number of aromatic nitrogens is 1. The summed E-state index contributed by atoms with van der Waals surface area (Å²) in [5, 5.41) is 0. The Hall–Kier alpha value is -1.87. The van der Waals surface area contributed by atoms with E-state index in [1.807, 2.05) is 18.2 Å². The smallest absolute Gasteiger partial charge is 0.366 e. The minimum atomic E-state index is -4.41. The number of morpholine rings is 1. The van der Waals surface area contributed by atoms with E-state index in [-0.39, 0.29) is 31.6 Å². The molecule has 2 unspecified atom stereocenters. The summed E-state index contributed by atoms with van der Waals surface area (Å²) in [6.45, 7) is 3.83. The van der Waals surface area contributed by atoms with Gasteiger partial charge >= 0.3 is 6.18 Å². The second-order valence-electron chi connectivity index (χ2n) is 6.70. The fourth-order valence-corrected chi connectivity index (χ4v) is 3.22. The van der Waals surface area contributed by atoms with Crippen molar-refractivity contribution in [3.63, 3.8) is 0 Å². The lowest BCUT2D eigenvalue weighted by molar-refractivity contribution is -0.243. The average molecular weight is 372 g/mol. The van der Waals surface area contributed by atoms with Crippen molar-refractivity contribution >= 4 is 11.7 Å². The summed E-state index contributed by atoms with van der Waals surface area (Å²) in [5.41, 5.74) is 0. The summed E-state index contributed by atoms with van der Waals surface area (Å²) in [6.07, 6.45) is -4.51. The maximum Gasteiger partial charge on any atom is 0.415 e. The van der Waals surface area contributed by atoms with Gasteiger partial charge in [0.15, 0.2) is 6.10 Å². The zero-order chi connectivity index (χ0) is 18.7. The fourth-order valence-electron chi connectivity index (χ4n) is 3.22. The van der Waals surface area contributed by atoms with Crippen LogP contribution in [0.25, 0.3) is 0 Å². The molecule has 2 atom stereocenters. The molecule has 2 aliphatic heterocycles. The van der Waals surface area contributed by atoms with E-state index in [1.165, 1.54) is 0 Å². The van der Waals surface area contributed by atoms with Gasteiger partial charge in [-0.2, -0.15) is 13.2 Å². The lowest BCUT2D eigenvalue weighted by Crippen LogP contribution is -2.57. The first-order valence-corrected chi connectivity index (χ1v) is 8.70. The van der Waals surface area contributed by atoms with Gasteiger partial charge in [-0.25, -0.2) is 4.98 Å². The Labute approximate surface area is 150 Å². The Morgan fingerprint density at radius 2 is 2.00 bits per heavy atom. The average Bonchev–Trinajstić information content (AvgIpc) is 2.63. The van der Waals surface area contributed by atoms with Crippen LogP contribution in [-0.4, -0.2) is 84.9 Å². The molecule has 1 aromatic rings. The molecule has 0 aliphatic carbocycles. The third-order valence-electron chi connectivity index (χ3n) is 4.87. The number of halogens is 3. The summed E-state index contributed by atoms with van der Waals surface area (Å²) in [5.74, 6) is 0.731. The van der Waals surface area contributed by atoms with Crippen LogP contribution in [0.4, 0.5) is 19.0 Å². The van der Waals surface area contributed by atoms with Gasteiger partial charge in [-0.05, 0) is 19.1 Å². The van der Waals surface area contributed by atoms with Gasteiger partial charge < -0.3 is 14.5 Å². The molecule has 0 bridgehead atoms. The van der Waals surface area contributed by atoms with E-state index in [9.17, 15) is 18.0 Å². The van der Waals surface area contributed by atoms with Crippen molar-refractivity contribution in [1.82, 2.24) is 14.8 Å². The minimum absolute atomic E-state index is 0.0132. The first-order valence-electron chi connectivity index (χ1n) is 8.70. The van der Waals surface area contributed by atoms with Crippen molar-refractivity contribution < 1.29 is 22.7 Å². The molecule has 144 valence electrons. The van der Waals surface area contributed by atoms with Gasteiger partial charge in [0.25, 0.3) is 0 Å². The SMILES string of the molecule is CC1COC(C(F)(F)F)CN1CC(=O)N1CCN(c2ccccn2)CC1. The van der Waals surface area contributed by atoms with E-state index in [0.717, 1.165) is 5.82 Å². The highest BCUT2D eigenvalue weighted by atomic mass is 19.4. The second-order valence-corrected chi connectivity index (χ2v) is 6.70. The maximum atomic E-state index is 12.9. The molecule has 2 saturated heterocycles. The lowest BCUT2D eigenvalue weighted by atomic mass is 10.2. The van der Waals surface area contributed by atoms with Crippen molar-refractivity contribution in [1.29, 1.82) is 0 Å². The van der Waals surface area contributed by atoms with E-state index in [1.54, 1.807) is 22.9 Å². The van der Waals surface area contributed by atoms with Crippen LogP contribution in [0, 0.1) is 0 Å². The number of hydrogen-bond donors (Lipinski definition) is 0. The summed E-state index contributed by atoms with van der Waals surface area (Å²) < 4.78 is 43.5. The molecule has 3 heterocycles. The summed E-state index contributed by atoms with van der Waals surface area (Å²) >= 11 is 0. The van der Waals surface area contributed by atoms with Gasteiger partial charge in [-0.3, -0.25) is 9.69 Å². The number of rotatable bonds is 3. The van der Waals surface area contributed by atoms with Crippen LogP contribution in [0.3, 0.4) is 0 Å². The maximum absolute atomic E-state index is 12.9. The van der Waals surface area contributed by atoms with Crippen LogP contribution >= 0.6 is 0 Å². The fraction of sp³-hybridized carbons (Fsp3) is 0.647. The number of hydrogen-bond acceptors (Lipinski definition) is 5. The van der Waals surface area contributed by atoms with E-state index in [4.69, 9.17) is 4.74 Å². The van der Waals surface area contributed by atoms with Gasteiger partial charge in [0, 0.05) is 45.0 Å². The van der Waals surface area contributed by atoms with E-state index >= 15 is 0 Å². The molecule has 26 heavy (non-hydrogen) atoms. The molecule has 0 N–H and O–H groups in total. The molecular formula is C17H23F3N4O2. The minimum Gasteiger partial charge on any atom is -0.366 e. The quantitative estimate of drug-likeness (QED) is 0.803. The predicted molar refractivity (Wildman–Crippen MR) is 89.9 cm³/mol. The third-order valence-corrected chi connectivity index (χ3v) is 4.87. The normalized spacial score (nSPS) is 25.4. The molecule has 0 spiro atoms. The molecule has 0 saturated carbocycles. The van der Waals surface area contributed by atoms with Crippen molar-refractivity contribution in [2.75, 3.05) is 50.8 Å². The Morgan fingerprint density at radius 3 is 2.62 bits per heavy atom. The van der Waals surface area contributed by atoms with E-state index in [2.05, 4.69) is 9.88 Å². The Bertz CT molecular complexity index is 606. The van der Waals surface area contributed by atoms with Crippen molar-refractivity contribution in [2.45, 2.75) is 25.2 Å². The number of ether oxygens (including phenoxy) is 1. The standard InChI is InChI=1S/C17H23F3N4O2/c1-13-12-26-14(17(18,19)20)10-24(13)11-16(25)23-8-6-22(7-9-23)15-4-2-3-5-21-15/h2-5,13-14H,6-12H2,1H3. The van der Waals surface area contributed by atoms with Crippen LogP contribution in [0.1, 0.15) is 6.92 Å². The van der Waals surface area contributed by atoms with Gasteiger partial charge in [-0.1, -0.05) is 6.07 Å². The topological polar surface area (TPSA) is 48.9 Å². The van der Waals surface area contributed by atoms with Gasteiger partial charge in [-0.15, -0.1) is 0 Å². The van der Waals surface area contributed by atoms with Gasteiger partial charge in [0.05, 0.1) is 13.2 Å². The number of carbonyl (C=O) groups is 1. The van der Waals surface area contributed by atoms with Crippen LogP contribution in [-0.2, 0) is 9.53 Å². The van der Waals surface area contributed by atoms with Crippen LogP contribution < -0.4 is 4.90 Å². The first kappa shape index (κ1) is 18.9. The molecule has 9 heteroatoms. The Kier molecular flexibility index (Phi) is 5.67. The van der Waals surface area contributed by atoms with E-state index in [0.29, 0.717) is 26.2 Å². The molecular weight excluding hydrogens is 349 g/mol. The van der Waals surface area contributed by atoms with Crippen LogP contribution in [0.2, 0.25) is 0 Å². The number of carbonyl (C=O) groups excluding carboxylic acids is 1. The highest BCUT2D eigenvalue weighted by Gasteiger charge is 2.45. The molecule has 2 aliphatic rings. The monoisotopic (exact) mass is 372 g/mol. The number of pyridine rings is 1.